The van der Waals surface area contributed by atoms with E-state index in [9.17, 15) is 22.4 Å². The number of nitrogens with zero attached hydrogens (tertiary/aromatic N) is 4. The summed E-state index contributed by atoms with van der Waals surface area (Å²) in [7, 11) is 0. The van der Waals surface area contributed by atoms with Crippen LogP contribution in [0.1, 0.15) is 48.5 Å². The Kier molecular flexibility index (Phi) is 7.99. The van der Waals surface area contributed by atoms with Gasteiger partial charge in [0.15, 0.2) is 22.9 Å². The number of hydrogen-bond donors (Lipinski definition) is 3. The maximum Gasteiger partial charge on any atom is 0.507 e. The van der Waals surface area contributed by atoms with Gasteiger partial charge in [0.2, 0.25) is 0 Å². The largest absolute Gasteiger partial charge is 0.507 e. The van der Waals surface area contributed by atoms with Gasteiger partial charge in [-0.25, -0.2) is 14.8 Å². The number of urea groups is 1. The van der Waals surface area contributed by atoms with Crippen LogP contribution in [0.25, 0.3) is 15.8 Å². The Bertz CT molecular complexity index is 1900. The zero-order valence-electron chi connectivity index (χ0n) is 25.0. The average molecular weight is 683 g/mol. The highest BCUT2D eigenvalue weighted by Crippen LogP contribution is 2.49. The van der Waals surface area contributed by atoms with Gasteiger partial charge in [-0.05, 0) is 60.1 Å². The molecule has 0 bridgehead atoms. The van der Waals surface area contributed by atoms with E-state index in [1.807, 2.05) is 48.5 Å². The van der Waals surface area contributed by atoms with Gasteiger partial charge in [-0.2, -0.15) is 17.6 Å². The summed E-state index contributed by atoms with van der Waals surface area (Å²) in [4.78, 5) is 23.7. The number of nitrogens with two attached hydrogens (primary N) is 2. The molecule has 5 N–H and O–H groups in total. The first-order valence-electron chi connectivity index (χ1n) is 14.9. The number of ether oxygens (including phenoxy) is 3. The van der Waals surface area contributed by atoms with Crippen molar-refractivity contribution in [2.45, 2.75) is 56.8 Å². The van der Waals surface area contributed by atoms with Crippen LogP contribution in [0.5, 0.6) is 11.5 Å². The molecular weight excluding hydrogens is 654 g/mol. The smallest absolute Gasteiger partial charge is 0.421 e. The molecule has 11 nitrogen and oxygen atoms in total. The molecule has 16 heteroatoms. The summed E-state index contributed by atoms with van der Waals surface area (Å²) in [5.41, 5.74) is 15.5. The molecule has 0 saturated carbocycles. The molecule has 7 rings (SSSR count). The Hall–Kier alpha value is -5.09. The molecule has 48 heavy (non-hydrogen) atoms. The molecule has 1 aliphatic carbocycles. The molecular formula is C32H28F4N7O4S+. The van der Waals surface area contributed by atoms with Crippen LogP contribution in [-0.2, 0) is 11.3 Å². The van der Waals surface area contributed by atoms with Gasteiger partial charge in [0, 0.05) is 22.9 Å². The van der Waals surface area contributed by atoms with Crippen LogP contribution in [0.3, 0.4) is 0 Å². The predicted octanol–water partition coefficient (Wildman–Crippen LogP) is 6.37. The van der Waals surface area contributed by atoms with Crippen molar-refractivity contribution in [1.29, 1.82) is 0 Å². The second-order valence-electron chi connectivity index (χ2n) is 11.4. The minimum atomic E-state index is -4.86. The number of amides is 2. The zero-order chi connectivity index (χ0) is 33.6. The van der Waals surface area contributed by atoms with Crippen LogP contribution in [-0.4, -0.2) is 35.4 Å². The van der Waals surface area contributed by atoms with Crippen molar-refractivity contribution in [3.63, 3.8) is 0 Å². The molecule has 3 aliphatic rings. The number of carbonyl (C=O) groups is 1. The van der Waals surface area contributed by atoms with E-state index in [0.29, 0.717) is 10.4 Å². The first-order chi connectivity index (χ1) is 23.0. The maximum atomic E-state index is 13.8. The van der Waals surface area contributed by atoms with Gasteiger partial charge in [0.1, 0.15) is 6.10 Å². The Labute approximate surface area is 274 Å². The highest BCUT2D eigenvalue weighted by molar-refractivity contribution is 7.22. The van der Waals surface area contributed by atoms with Crippen LogP contribution >= 0.6 is 11.3 Å². The quantitative estimate of drug-likeness (QED) is 0.0677. The van der Waals surface area contributed by atoms with Crippen molar-refractivity contribution < 1.29 is 42.1 Å². The van der Waals surface area contributed by atoms with Gasteiger partial charge in [-0.1, -0.05) is 53.8 Å². The highest BCUT2D eigenvalue weighted by atomic mass is 32.1. The van der Waals surface area contributed by atoms with Crippen LogP contribution in [0.15, 0.2) is 76.8 Å². The lowest BCUT2D eigenvalue weighted by Crippen LogP contribution is -2.52. The van der Waals surface area contributed by atoms with E-state index in [1.165, 1.54) is 16.9 Å². The number of allylic oxidation sites excluding steroid dienone is 2. The number of anilines is 2. The highest BCUT2D eigenvalue weighted by Gasteiger charge is 2.66. The van der Waals surface area contributed by atoms with Crippen molar-refractivity contribution in [3.05, 3.63) is 83.4 Å². The lowest BCUT2D eigenvalue weighted by Gasteiger charge is -2.31. The number of aliphatic imine (C=N–C) groups is 1. The number of halogens is 4. The zero-order valence-corrected chi connectivity index (χ0v) is 25.9. The molecule has 0 radical (unpaired) electrons. The third-order valence-corrected chi connectivity index (χ3v) is 9.01. The number of hydrogen-bond acceptors (Lipinski definition) is 7. The number of aromatic nitrogens is 1. The summed E-state index contributed by atoms with van der Waals surface area (Å²) in [5.74, 6) is -1.22. The van der Waals surface area contributed by atoms with Gasteiger partial charge >= 0.3 is 18.2 Å². The minimum Gasteiger partial charge on any atom is -0.421 e. The molecule has 1 aromatic heterocycles. The number of epoxide rings is 1. The second kappa shape index (κ2) is 12.2. The molecule has 1 fully saturated rings. The van der Waals surface area contributed by atoms with E-state index in [2.05, 4.69) is 36.0 Å². The van der Waals surface area contributed by atoms with Crippen LogP contribution < -0.4 is 31.0 Å². The van der Waals surface area contributed by atoms with Gasteiger partial charge in [-0.15, -0.1) is 5.53 Å². The molecule has 2 aliphatic heterocycles. The molecule has 2 unspecified atom stereocenters. The fourth-order valence-corrected chi connectivity index (χ4v) is 6.41. The summed E-state index contributed by atoms with van der Waals surface area (Å²) < 4.78 is 69.3. The lowest BCUT2D eigenvalue weighted by atomic mass is 9.93. The number of alkyl halides is 4. The maximum absolute atomic E-state index is 13.8. The van der Waals surface area contributed by atoms with Gasteiger partial charge < -0.3 is 19.9 Å². The van der Waals surface area contributed by atoms with Crippen LogP contribution in [0.2, 0.25) is 0 Å². The molecule has 2 atom stereocenters. The molecule has 4 aromatic rings. The summed E-state index contributed by atoms with van der Waals surface area (Å²) in [6, 6.07) is 16.8. The third-order valence-electron chi connectivity index (χ3n) is 8.08. The lowest BCUT2D eigenvalue weighted by molar-refractivity contribution is -0.391. The third kappa shape index (κ3) is 6.27. The fraction of sp³-hybridized carbons (Fsp3) is 0.281. The van der Waals surface area contributed by atoms with E-state index in [1.54, 1.807) is 0 Å². The molecule has 2 amide bonds. The van der Waals surface area contributed by atoms with E-state index in [0.717, 1.165) is 59.4 Å². The van der Waals surface area contributed by atoms with Crippen molar-refractivity contribution in [3.8, 4) is 11.5 Å². The monoisotopic (exact) mass is 682 g/mol. The molecule has 3 aromatic carbocycles. The summed E-state index contributed by atoms with van der Waals surface area (Å²) in [6.45, 7) is 0.172. The molecule has 1 saturated heterocycles. The van der Waals surface area contributed by atoms with Crippen LogP contribution in [0, 0.1) is 0 Å². The topological polar surface area (TPSA) is 153 Å². The SMILES string of the molecule is N/C(N=[NH2+])=N/C1OC1c1ccc(CN(C(=O)Nc2nc3cc4c(cc3s2)OC(F)(F)C(F)(F)O4)c2ccc(C3=CCCCC3)cc2)cc1. The molecule has 0 spiro atoms. The van der Waals surface area contributed by atoms with E-state index in [4.69, 9.17) is 16.0 Å². The Balaban J connectivity index is 1.13. The number of carbonyl (C=O) groups excluding carboxylic acids is 1. The standard InChI is InChI=1S/C32H27F4N7O4S/c33-31(34)32(35,36)47-24-15-25-22(14-23(24)46-31)39-29(48-25)41-30(44)43(21-12-10-19(11-13-21)18-4-2-1-3-5-18)16-17-6-8-20(9-7-17)26-27(45-26)40-28(37)42-38/h4,6-15,26-27,38H,1-3,5,16H2,(H2,37,40)(H,39,41,44)/p+1. The number of guanidine groups is 1. The predicted molar refractivity (Wildman–Crippen MR) is 169 cm³/mol. The first kappa shape index (κ1) is 31.5. The normalized spacial score (nSPS) is 20.9. The van der Waals surface area contributed by atoms with Crippen molar-refractivity contribution in [2.75, 3.05) is 10.2 Å². The van der Waals surface area contributed by atoms with E-state index in [-0.39, 0.29) is 29.3 Å². The fourth-order valence-electron chi connectivity index (χ4n) is 5.54. The van der Waals surface area contributed by atoms with Gasteiger partial charge in [0.05, 0.1) is 16.8 Å². The van der Waals surface area contributed by atoms with Crippen molar-refractivity contribution in [2.24, 2.45) is 15.8 Å². The van der Waals surface area contributed by atoms with Gasteiger partial charge in [-0.3, -0.25) is 10.2 Å². The summed E-state index contributed by atoms with van der Waals surface area (Å²) in [6.07, 6.45) is -3.93. The average Bonchev–Trinajstić information content (AvgIpc) is 3.73. The summed E-state index contributed by atoms with van der Waals surface area (Å²) in [5, 5.41) is 6.20. The number of benzene rings is 3. The summed E-state index contributed by atoms with van der Waals surface area (Å²) >= 11 is 0.963. The van der Waals surface area contributed by atoms with E-state index >= 15 is 0 Å². The number of nitrogens with one attached hydrogen (secondary N) is 1. The van der Waals surface area contributed by atoms with Crippen molar-refractivity contribution in [1.82, 2.24) is 4.98 Å². The minimum absolute atomic E-state index is 0.0657. The first-order valence-corrected chi connectivity index (χ1v) is 15.8. The molecule has 3 heterocycles. The number of thiazole rings is 1. The number of fused-ring (bicyclic) bond motifs is 2. The second-order valence-corrected chi connectivity index (χ2v) is 12.4. The van der Waals surface area contributed by atoms with Crippen molar-refractivity contribution >= 4 is 49.9 Å². The Morgan fingerprint density at radius 3 is 2.42 bits per heavy atom. The van der Waals surface area contributed by atoms with Crippen LogP contribution in [0.4, 0.5) is 33.2 Å². The van der Waals surface area contributed by atoms with E-state index < -0.39 is 36.0 Å². The Morgan fingerprint density at radius 2 is 1.75 bits per heavy atom. The Morgan fingerprint density at radius 1 is 1.04 bits per heavy atom. The van der Waals surface area contributed by atoms with Gasteiger partial charge in [0.25, 0.3) is 5.96 Å². The molecule has 248 valence electrons. The number of rotatable bonds is 7.